The lowest BCUT2D eigenvalue weighted by Gasteiger charge is -2.09. The van der Waals surface area contributed by atoms with Crippen LogP contribution in [0.3, 0.4) is 0 Å². The monoisotopic (exact) mass is 230 g/mol. The Morgan fingerprint density at radius 2 is 2.12 bits per heavy atom. The quantitative estimate of drug-likeness (QED) is 0.574. The molecule has 0 aromatic heterocycles. The van der Waals surface area contributed by atoms with Crippen molar-refractivity contribution >= 4 is 5.90 Å². The van der Waals surface area contributed by atoms with Crippen molar-refractivity contribution in [2.45, 2.75) is 25.8 Å². The lowest BCUT2D eigenvalue weighted by atomic mass is 10.0. The normalized spacial score (nSPS) is 18.1. The fourth-order valence-corrected chi connectivity index (χ4v) is 2.03. The Morgan fingerprint density at radius 3 is 2.71 bits per heavy atom. The maximum atomic E-state index is 5.86. The molecule has 90 valence electrons. The number of hydrogen-bond acceptors (Lipinski definition) is 1. The van der Waals surface area contributed by atoms with Gasteiger partial charge in [-0.3, -0.25) is 0 Å². The molecule has 0 bridgehead atoms. The average molecular weight is 230 g/mol. The van der Waals surface area contributed by atoms with Gasteiger partial charge in [0.1, 0.15) is 7.05 Å². The van der Waals surface area contributed by atoms with Crippen molar-refractivity contribution in [3.8, 4) is 0 Å². The van der Waals surface area contributed by atoms with Crippen LogP contribution in [0.2, 0.25) is 0 Å². The molecule has 2 rings (SSSR count). The standard InChI is InChI=1S/C15H20NO/c1-5-8-12-9-6-7-10-13(12)14-16(4)15(2,3)11-17-14/h5-7,9-10H,1,8,11H2,2-4H3/q+1. The van der Waals surface area contributed by atoms with Crippen LogP contribution in [0.25, 0.3) is 0 Å². The molecule has 0 amide bonds. The molecule has 0 saturated heterocycles. The van der Waals surface area contributed by atoms with Gasteiger partial charge in [0.25, 0.3) is 0 Å². The van der Waals surface area contributed by atoms with Gasteiger partial charge in [-0.25, -0.2) is 0 Å². The molecule has 0 fully saturated rings. The van der Waals surface area contributed by atoms with Crippen molar-refractivity contribution in [1.29, 1.82) is 0 Å². The highest BCUT2D eigenvalue weighted by Crippen LogP contribution is 2.21. The molecule has 1 aliphatic heterocycles. The second-order valence-electron chi connectivity index (χ2n) is 5.12. The zero-order valence-corrected chi connectivity index (χ0v) is 10.9. The summed E-state index contributed by atoms with van der Waals surface area (Å²) in [4.78, 5) is 0. The van der Waals surface area contributed by atoms with E-state index in [1.807, 2.05) is 6.08 Å². The summed E-state index contributed by atoms with van der Waals surface area (Å²) in [5, 5.41) is 0. The molecule has 2 nitrogen and oxygen atoms in total. The number of hydrogen-bond donors (Lipinski definition) is 0. The molecule has 1 aliphatic rings. The van der Waals surface area contributed by atoms with Crippen LogP contribution in [0.5, 0.6) is 0 Å². The largest absolute Gasteiger partial charge is 0.437 e. The summed E-state index contributed by atoms with van der Waals surface area (Å²) in [6, 6.07) is 8.36. The third kappa shape index (κ3) is 2.12. The summed E-state index contributed by atoms with van der Waals surface area (Å²) >= 11 is 0. The number of nitrogens with zero attached hydrogens (tertiary/aromatic N) is 1. The zero-order chi connectivity index (χ0) is 12.5. The molecule has 17 heavy (non-hydrogen) atoms. The first-order valence-electron chi connectivity index (χ1n) is 5.99. The Kier molecular flexibility index (Phi) is 3.05. The van der Waals surface area contributed by atoms with Crippen LogP contribution in [-0.4, -0.2) is 29.7 Å². The van der Waals surface area contributed by atoms with Gasteiger partial charge in [-0.1, -0.05) is 24.3 Å². The van der Waals surface area contributed by atoms with Crippen LogP contribution in [0.4, 0.5) is 0 Å². The lowest BCUT2D eigenvalue weighted by Crippen LogP contribution is -2.33. The summed E-state index contributed by atoms with van der Waals surface area (Å²) in [6.07, 6.45) is 2.80. The van der Waals surface area contributed by atoms with E-state index in [9.17, 15) is 0 Å². The van der Waals surface area contributed by atoms with Crippen molar-refractivity contribution in [1.82, 2.24) is 0 Å². The van der Waals surface area contributed by atoms with Gasteiger partial charge in [-0.05, 0) is 18.1 Å². The van der Waals surface area contributed by atoms with E-state index < -0.39 is 0 Å². The molecular formula is C15H20NO+. The van der Waals surface area contributed by atoms with Gasteiger partial charge in [0, 0.05) is 13.8 Å². The Labute approximate surface area is 103 Å². The van der Waals surface area contributed by atoms with Crippen LogP contribution in [0, 0.1) is 0 Å². The summed E-state index contributed by atoms with van der Waals surface area (Å²) in [7, 11) is 2.09. The molecular weight excluding hydrogens is 210 g/mol. The Balaban J connectivity index is 2.48. The Hall–Kier alpha value is -1.57. The van der Waals surface area contributed by atoms with E-state index in [2.05, 4.69) is 56.3 Å². The summed E-state index contributed by atoms with van der Waals surface area (Å²) in [5.74, 6) is 0.979. The predicted octanol–water partition coefficient (Wildman–Crippen LogP) is 2.61. The smallest absolute Gasteiger partial charge is 0.370 e. The highest BCUT2D eigenvalue weighted by molar-refractivity contribution is 5.92. The molecule has 1 aromatic carbocycles. The molecule has 2 heteroatoms. The predicted molar refractivity (Wildman–Crippen MR) is 70.7 cm³/mol. The van der Waals surface area contributed by atoms with Gasteiger partial charge in [-0.15, -0.1) is 6.58 Å². The van der Waals surface area contributed by atoms with Crippen LogP contribution < -0.4 is 0 Å². The first kappa shape index (κ1) is 11.9. The third-order valence-corrected chi connectivity index (χ3v) is 3.39. The van der Waals surface area contributed by atoms with E-state index in [-0.39, 0.29) is 5.54 Å². The average Bonchev–Trinajstić information content (AvgIpc) is 2.56. The fourth-order valence-electron chi connectivity index (χ4n) is 2.03. The summed E-state index contributed by atoms with van der Waals surface area (Å²) < 4.78 is 8.08. The van der Waals surface area contributed by atoms with Crippen LogP contribution in [0.15, 0.2) is 36.9 Å². The number of allylic oxidation sites excluding steroid dienone is 1. The van der Waals surface area contributed by atoms with E-state index in [0.717, 1.165) is 18.9 Å². The molecule has 0 N–H and O–H groups in total. The minimum Gasteiger partial charge on any atom is -0.437 e. The number of rotatable bonds is 3. The van der Waals surface area contributed by atoms with Gasteiger partial charge >= 0.3 is 5.90 Å². The molecule has 0 saturated carbocycles. The highest BCUT2D eigenvalue weighted by Gasteiger charge is 2.40. The van der Waals surface area contributed by atoms with E-state index >= 15 is 0 Å². The highest BCUT2D eigenvalue weighted by atomic mass is 16.5. The Morgan fingerprint density at radius 1 is 1.41 bits per heavy atom. The van der Waals surface area contributed by atoms with E-state index in [0.29, 0.717) is 0 Å². The van der Waals surface area contributed by atoms with Gasteiger partial charge in [0.05, 0.1) is 5.56 Å². The third-order valence-electron chi connectivity index (χ3n) is 3.39. The first-order chi connectivity index (χ1) is 8.06. The molecule has 1 aromatic rings. The summed E-state index contributed by atoms with van der Waals surface area (Å²) in [5.41, 5.74) is 2.51. The molecule has 0 aliphatic carbocycles. The zero-order valence-electron chi connectivity index (χ0n) is 10.9. The van der Waals surface area contributed by atoms with Crippen molar-refractivity contribution < 1.29 is 9.31 Å². The van der Waals surface area contributed by atoms with E-state index in [4.69, 9.17) is 4.74 Å². The maximum absolute atomic E-state index is 5.86. The van der Waals surface area contributed by atoms with Crippen molar-refractivity contribution in [3.63, 3.8) is 0 Å². The fraction of sp³-hybridized carbons (Fsp3) is 0.400. The molecule has 0 unspecified atom stereocenters. The first-order valence-corrected chi connectivity index (χ1v) is 5.99. The van der Waals surface area contributed by atoms with Gasteiger partial charge < -0.3 is 4.74 Å². The van der Waals surface area contributed by atoms with Gasteiger partial charge in [0.15, 0.2) is 12.1 Å². The van der Waals surface area contributed by atoms with Crippen molar-refractivity contribution in [3.05, 3.63) is 48.0 Å². The van der Waals surface area contributed by atoms with E-state index in [1.165, 1.54) is 11.1 Å². The summed E-state index contributed by atoms with van der Waals surface area (Å²) in [6.45, 7) is 8.93. The minimum absolute atomic E-state index is 0.0661. The van der Waals surface area contributed by atoms with Crippen LogP contribution in [-0.2, 0) is 11.2 Å². The lowest BCUT2D eigenvalue weighted by molar-refractivity contribution is -0.562. The second-order valence-corrected chi connectivity index (χ2v) is 5.12. The van der Waals surface area contributed by atoms with Gasteiger partial charge in [0.2, 0.25) is 0 Å². The van der Waals surface area contributed by atoms with Crippen LogP contribution >= 0.6 is 0 Å². The number of benzene rings is 1. The maximum Gasteiger partial charge on any atom is 0.370 e. The van der Waals surface area contributed by atoms with E-state index in [1.54, 1.807) is 0 Å². The number of likely N-dealkylation sites (N-methyl/N-ethyl adjacent to an activating group) is 1. The number of ether oxygens (including phenoxy) is 1. The molecule has 0 radical (unpaired) electrons. The van der Waals surface area contributed by atoms with Gasteiger partial charge in [-0.2, -0.15) is 4.58 Å². The molecule has 0 spiro atoms. The van der Waals surface area contributed by atoms with Crippen molar-refractivity contribution in [2.75, 3.05) is 13.7 Å². The van der Waals surface area contributed by atoms with Crippen LogP contribution in [0.1, 0.15) is 25.0 Å². The second kappa shape index (κ2) is 4.36. The molecule has 1 heterocycles. The SMILES string of the molecule is C=CCc1ccccc1C1=[N+](C)C(C)(C)CO1. The Bertz CT molecular complexity index is 472. The molecule has 0 atom stereocenters. The van der Waals surface area contributed by atoms with Crippen molar-refractivity contribution in [2.24, 2.45) is 0 Å². The minimum atomic E-state index is 0.0661. The topological polar surface area (TPSA) is 12.2 Å².